The van der Waals surface area contributed by atoms with E-state index in [9.17, 15) is 4.79 Å². The van der Waals surface area contributed by atoms with E-state index in [1.54, 1.807) is 13.1 Å². The van der Waals surface area contributed by atoms with Gasteiger partial charge in [-0.05, 0) is 31.9 Å². The molecule has 2 rings (SSSR count). The maximum absolute atomic E-state index is 10.9. The average molecular weight is 288 g/mol. The zero-order valence-electron chi connectivity index (χ0n) is 12.5. The minimum atomic E-state index is -0.811. The van der Waals surface area contributed by atoms with Crippen LogP contribution >= 0.6 is 0 Å². The molecule has 1 aromatic carbocycles. The number of aliphatic carboxylic acids is 1. The summed E-state index contributed by atoms with van der Waals surface area (Å²) in [6.07, 6.45) is 1.70. The third-order valence-corrected chi connectivity index (χ3v) is 3.47. The number of rotatable bonds is 6. The minimum Gasteiger partial charge on any atom is -0.481 e. The topological polar surface area (TPSA) is 75.4 Å². The first-order valence-electron chi connectivity index (χ1n) is 6.94. The van der Waals surface area contributed by atoms with Crippen LogP contribution in [0.4, 0.5) is 0 Å². The van der Waals surface area contributed by atoms with Gasteiger partial charge >= 0.3 is 5.97 Å². The highest BCUT2D eigenvalue weighted by Gasteiger charge is 2.13. The summed E-state index contributed by atoms with van der Waals surface area (Å²) in [5.74, 6) is 0.171. The molecule has 2 aromatic rings. The third-order valence-electron chi connectivity index (χ3n) is 3.47. The highest BCUT2D eigenvalue weighted by Crippen LogP contribution is 2.17. The minimum absolute atomic E-state index is 0.0244. The van der Waals surface area contributed by atoms with E-state index in [4.69, 9.17) is 9.52 Å². The molecule has 0 bridgehead atoms. The van der Waals surface area contributed by atoms with Crippen LogP contribution in [0, 0.1) is 6.92 Å². The molecule has 0 saturated heterocycles. The molecule has 5 heteroatoms. The van der Waals surface area contributed by atoms with Crippen LogP contribution in [0.2, 0.25) is 0 Å². The Morgan fingerprint density at radius 2 is 2.00 bits per heavy atom. The summed E-state index contributed by atoms with van der Waals surface area (Å²) in [5.41, 5.74) is 1.90. The van der Waals surface area contributed by atoms with Gasteiger partial charge in [0.15, 0.2) is 0 Å². The average Bonchev–Trinajstić information content (AvgIpc) is 2.91. The van der Waals surface area contributed by atoms with E-state index < -0.39 is 11.9 Å². The van der Waals surface area contributed by atoms with Gasteiger partial charge in [0.05, 0.1) is 18.2 Å². The molecule has 0 aliphatic heterocycles. The van der Waals surface area contributed by atoms with Gasteiger partial charge in [0, 0.05) is 6.54 Å². The van der Waals surface area contributed by atoms with Gasteiger partial charge in [0.2, 0.25) is 5.89 Å². The van der Waals surface area contributed by atoms with Crippen molar-refractivity contribution in [3.8, 4) is 0 Å². The molecule has 2 unspecified atom stereocenters. The van der Waals surface area contributed by atoms with Crippen LogP contribution in [-0.4, -0.2) is 16.1 Å². The standard InChI is InChI=1S/C16H20N2O3/c1-10-8-18-15(21-10)12(3)17-9-13-4-6-14(7-5-13)11(2)16(19)20/h4-8,11-12,17H,9H2,1-3H3,(H,19,20). The quantitative estimate of drug-likeness (QED) is 0.854. The lowest BCUT2D eigenvalue weighted by Gasteiger charge is -2.11. The second kappa shape index (κ2) is 6.54. The molecule has 0 aliphatic rings. The largest absolute Gasteiger partial charge is 0.481 e. The van der Waals surface area contributed by atoms with Crippen molar-refractivity contribution in [2.45, 2.75) is 39.3 Å². The highest BCUT2D eigenvalue weighted by atomic mass is 16.4. The van der Waals surface area contributed by atoms with Gasteiger partial charge in [0.1, 0.15) is 5.76 Å². The monoisotopic (exact) mass is 288 g/mol. The van der Waals surface area contributed by atoms with Gasteiger partial charge in [0.25, 0.3) is 0 Å². The fraction of sp³-hybridized carbons (Fsp3) is 0.375. The van der Waals surface area contributed by atoms with Gasteiger partial charge in [-0.25, -0.2) is 4.98 Å². The molecule has 0 fully saturated rings. The van der Waals surface area contributed by atoms with Crippen molar-refractivity contribution in [1.82, 2.24) is 10.3 Å². The van der Waals surface area contributed by atoms with Crippen molar-refractivity contribution < 1.29 is 14.3 Å². The SMILES string of the molecule is Cc1cnc(C(C)NCc2ccc(C(C)C(=O)O)cc2)o1. The number of carboxylic acid groups (broad SMARTS) is 1. The predicted molar refractivity (Wildman–Crippen MR) is 79.0 cm³/mol. The second-order valence-corrected chi connectivity index (χ2v) is 5.21. The highest BCUT2D eigenvalue weighted by molar-refractivity contribution is 5.75. The summed E-state index contributed by atoms with van der Waals surface area (Å²) in [5, 5.41) is 12.3. The predicted octanol–water partition coefficient (Wildman–Crippen LogP) is 3.02. The van der Waals surface area contributed by atoms with E-state index in [2.05, 4.69) is 10.3 Å². The number of nitrogens with zero attached hydrogens (tertiary/aromatic N) is 1. The number of oxazole rings is 1. The summed E-state index contributed by atoms with van der Waals surface area (Å²) >= 11 is 0. The fourth-order valence-electron chi connectivity index (χ4n) is 2.00. The molecular weight excluding hydrogens is 268 g/mol. The normalized spacial score (nSPS) is 13.9. The van der Waals surface area contributed by atoms with Crippen molar-refractivity contribution in [3.63, 3.8) is 0 Å². The fourth-order valence-corrected chi connectivity index (χ4v) is 2.00. The van der Waals surface area contributed by atoms with Crippen LogP contribution in [0.3, 0.4) is 0 Å². The van der Waals surface area contributed by atoms with Crippen LogP contribution in [0.5, 0.6) is 0 Å². The lowest BCUT2D eigenvalue weighted by atomic mass is 10.00. The number of carbonyl (C=O) groups is 1. The first-order chi connectivity index (χ1) is 9.97. The zero-order chi connectivity index (χ0) is 15.4. The van der Waals surface area contributed by atoms with Crippen molar-refractivity contribution in [2.24, 2.45) is 0 Å². The Balaban J connectivity index is 1.93. The number of carboxylic acids is 1. The number of hydrogen-bond acceptors (Lipinski definition) is 4. The zero-order valence-corrected chi connectivity index (χ0v) is 12.5. The molecule has 21 heavy (non-hydrogen) atoms. The van der Waals surface area contributed by atoms with Gasteiger partial charge in [-0.2, -0.15) is 0 Å². The van der Waals surface area contributed by atoms with E-state index in [1.807, 2.05) is 38.1 Å². The van der Waals surface area contributed by atoms with E-state index >= 15 is 0 Å². The number of hydrogen-bond donors (Lipinski definition) is 2. The summed E-state index contributed by atoms with van der Waals surface area (Å²) in [7, 11) is 0. The molecule has 1 aromatic heterocycles. The Hall–Kier alpha value is -2.14. The maximum Gasteiger partial charge on any atom is 0.310 e. The number of benzene rings is 1. The lowest BCUT2D eigenvalue weighted by molar-refractivity contribution is -0.138. The van der Waals surface area contributed by atoms with Crippen molar-refractivity contribution in [1.29, 1.82) is 0 Å². The van der Waals surface area contributed by atoms with Gasteiger partial charge in [-0.3, -0.25) is 4.79 Å². The van der Waals surface area contributed by atoms with Crippen LogP contribution in [0.1, 0.15) is 48.6 Å². The first kappa shape index (κ1) is 15.3. The Kier molecular flexibility index (Phi) is 4.75. The number of aryl methyl sites for hydroxylation is 1. The molecule has 2 N–H and O–H groups in total. The van der Waals surface area contributed by atoms with Crippen molar-refractivity contribution in [2.75, 3.05) is 0 Å². The lowest BCUT2D eigenvalue weighted by Crippen LogP contribution is -2.18. The van der Waals surface area contributed by atoms with Gasteiger partial charge < -0.3 is 14.8 Å². The number of aromatic nitrogens is 1. The summed E-state index contributed by atoms with van der Waals surface area (Å²) in [6, 6.07) is 7.62. The molecule has 0 saturated carbocycles. The molecule has 112 valence electrons. The van der Waals surface area contributed by atoms with Crippen LogP contribution < -0.4 is 5.32 Å². The van der Waals surface area contributed by atoms with Crippen LogP contribution in [0.15, 0.2) is 34.9 Å². The Labute approximate surface area is 124 Å². The molecule has 0 amide bonds. The van der Waals surface area contributed by atoms with E-state index in [0.29, 0.717) is 12.4 Å². The molecule has 1 heterocycles. The summed E-state index contributed by atoms with van der Waals surface area (Å²) in [6.45, 7) is 6.21. The molecule has 0 spiro atoms. The van der Waals surface area contributed by atoms with Gasteiger partial charge in [-0.15, -0.1) is 0 Å². The Morgan fingerprint density at radius 1 is 1.33 bits per heavy atom. The molecular formula is C16H20N2O3. The molecule has 0 aliphatic carbocycles. The molecule has 2 atom stereocenters. The maximum atomic E-state index is 10.9. The molecule has 0 radical (unpaired) electrons. The Morgan fingerprint density at radius 3 is 2.52 bits per heavy atom. The van der Waals surface area contributed by atoms with Crippen LogP contribution in [0.25, 0.3) is 0 Å². The van der Waals surface area contributed by atoms with Crippen molar-refractivity contribution in [3.05, 3.63) is 53.2 Å². The van der Waals surface area contributed by atoms with Crippen molar-refractivity contribution >= 4 is 5.97 Å². The van der Waals surface area contributed by atoms with E-state index in [0.717, 1.165) is 16.9 Å². The second-order valence-electron chi connectivity index (χ2n) is 5.21. The number of nitrogens with one attached hydrogen (secondary N) is 1. The smallest absolute Gasteiger partial charge is 0.310 e. The first-order valence-corrected chi connectivity index (χ1v) is 6.94. The summed E-state index contributed by atoms with van der Waals surface area (Å²) < 4.78 is 5.47. The van der Waals surface area contributed by atoms with Crippen LogP contribution in [-0.2, 0) is 11.3 Å². The van der Waals surface area contributed by atoms with E-state index in [1.165, 1.54) is 0 Å². The van der Waals surface area contributed by atoms with Gasteiger partial charge in [-0.1, -0.05) is 24.3 Å². The Bertz CT molecular complexity index is 604. The molecule has 5 nitrogen and oxygen atoms in total. The summed E-state index contributed by atoms with van der Waals surface area (Å²) in [4.78, 5) is 15.1. The third kappa shape index (κ3) is 3.92. The van der Waals surface area contributed by atoms with E-state index in [-0.39, 0.29) is 6.04 Å².